The fourth-order valence-electron chi connectivity index (χ4n) is 1.48. The molecule has 0 unspecified atom stereocenters. The van der Waals surface area contributed by atoms with Gasteiger partial charge < -0.3 is 4.74 Å². The van der Waals surface area contributed by atoms with Crippen molar-refractivity contribution in [3.63, 3.8) is 0 Å². The van der Waals surface area contributed by atoms with Crippen LogP contribution in [0.3, 0.4) is 0 Å². The summed E-state index contributed by atoms with van der Waals surface area (Å²) in [5, 5.41) is 0. The topological polar surface area (TPSA) is 34.0 Å². The molecule has 1 aliphatic carbocycles. The Morgan fingerprint density at radius 2 is 2.00 bits per heavy atom. The Bertz CT molecular complexity index is 293. The molecule has 3 heteroatoms. The number of hydrogen-bond donors (Lipinski definition) is 0. The van der Waals surface area contributed by atoms with Gasteiger partial charge in [-0.3, -0.25) is 0 Å². The number of hydrogen-bond acceptors (Lipinski definition) is 3. The molecule has 1 fully saturated rings. The molecule has 1 spiro atoms. The van der Waals surface area contributed by atoms with Crippen molar-refractivity contribution < 1.29 is 4.74 Å². The minimum atomic E-state index is -0.0644. The first-order chi connectivity index (χ1) is 5.91. The molecule has 0 N–H and O–H groups in total. The molecule has 0 aromatic rings. The predicted molar refractivity (Wildman–Crippen MR) is 53.3 cm³/mol. The molecule has 13 heavy (non-hydrogen) atoms. The van der Waals surface area contributed by atoms with E-state index in [1.165, 1.54) is 0 Å². The van der Waals surface area contributed by atoms with E-state index in [1.807, 2.05) is 6.92 Å². The fourth-order valence-corrected chi connectivity index (χ4v) is 1.48. The van der Waals surface area contributed by atoms with Crippen LogP contribution in [0.5, 0.6) is 0 Å². The Hall–Kier alpha value is -0.860. The molecule has 0 radical (unpaired) electrons. The second kappa shape index (κ2) is 2.34. The van der Waals surface area contributed by atoms with E-state index < -0.39 is 0 Å². The predicted octanol–water partition coefficient (Wildman–Crippen LogP) is 2.16. The Labute approximate surface area is 78.9 Å². The van der Waals surface area contributed by atoms with Crippen molar-refractivity contribution in [1.29, 1.82) is 0 Å². The highest BCUT2D eigenvalue weighted by Gasteiger charge is 2.53. The van der Waals surface area contributed by atoms with Crippen molar-refractivity contribution in [2.75, 3.05) is 0 Å². The SMILES string of the molecule is CC1=NC2(CC2)C(=NC(C)(C)C)O1. The van der Waals surface area contributed by atoms with Crippen molar-refractivity contribution in [1.82, 2.24) is 0 Å². The molecule has 2 aliphatic rings. The van der Waals surface area contributed by atoms with Gasteiger partial charge in [0.05, 0.1) is 5.54 Å². The summed E-state index contributed by atoms with van der Waals surface area (Å²) in [6.07, 6.45) is 2.19. The van der Waals surface area contributed by atoms with Crippen LogP contribution in [0.1, 0.15) is 40.5 Å². The third kappa shape index (κ3) is 1.60. The van der Waals surface area contributed by atoms with E-state index in [2.05, 4.69) is 30.8 Å². The monoisotopic (exact) mass is 180 g/mol. The van der Waals surface area contributed by atoms with Gasteiger partial charge in [0.1, 0.15) is 5.54 Å². The van der Waals surface area contributed by atoms with Crippen LogP contribution in [0.4, 0.5) is 0 Å². The van der Waals surface area contributed by atoms with Crippen LogP contribution >= 0.6 is 0 Å². The van der Waals surface area contributed by atoms with Crippen molar-refractivity contribution in [3.8, 4) is 0 Å². The van der Waals surface area contributed by atoms with E-state index in [0.717, 1.165) is 24.6 Å². The number of rotatable bonds is 0. The molecule has 72 valence electrons. The Morgan fingerprint density at radius 1 is 1.38 bits per heavy atom. The zero-order valence-electron chi connectivity index (χ0n) is 8.72. The van der Waals surface area contributed by atoms with Crippen LogP contribution in [0.25, 0.3) is 0 Å². The smallest absolute Gasteiger partial charge is 0.220 e. The Morgan fingerprint density at radius 3 is 2.46 bits per heavy atom. The van der Waals surface area contributed by atoms with Gasteiger partial charge in [0.15, 0.2) is 5.90 Å². The van der Waals surface area contributed by atoms with Crippen LogP contribution in [-0.4, -0.2) is 22.9 Å². The summed E-state index contributed by atoms with van der Waals surface area (Å²) >= 11 is 0. The first-order valence-corrected chi connectivity index (χ1v) is 4.76. The second-order valence-electron chi connectivity index (χ2n) is 4.85. The third-order valence-corrected chi connectivity index (χ3v) is 2.17. The maximum absolute atomic E-state index is 5.52. The van der Waals surface area contributed by atoms with E-state index in [1.54, 1.807) is 0 Å². The maximum atomic E-state index is 5.52. The van der Waals surface area contributed by atoms with Gasteiger partial charge in [-0.05, 0) is 33.6 Å². The zero-order chi connectivity index (χ0) is 9.69. The lowest BCUT2D eigenvalue weighted by atomic mass is 10.1. The van der Waals surface area contributed by atoms with Crippen molar-refractivity contribution in [3.05, 3.63) is 0 Å². The van der Waals surface area contributed by atoms with E-state index in [0.29, 0.717) is 0 Å². The third-order valence-electron chi connectivity index (χ3n) is 2.17. The normalized spacial score (nSPS) is 27.7. The molecule has 0 saturated heterocycles. The molecule has 0 atom stereocenters. The molecule has 2 rings (SSSR count). The number of nitrogens with zero attached hydrogens (tertiary/aromatic N) is 2. The largest absolute Gasteiger partial charge is 0.427 e. The molecule has 0 aromatic carbocycles. The summed E-state index contributed by atoms with van der Waals surface area (Å²) in [6.45, 7) is 8.12. The van der Waals surface area contributed by atoms with E-state index in [4.69, 9.17) is 4.74 Å². The lowest BCUT2D eigenvalue weighted by Crippen LogP contribution is -2.23. The standard InChI is InChI=1S/C10H16N2O/c1-7-11-10(5-6-10)8(13-7)12-9(2,3)4/h5-6H2,1-4H3. The molecule has 1 aliphatic heterocycles. The van der Waals surface area contributed by atoms with Gasteiger partial charge in [0.25, 0.3) is 0 Å². The Kier molecular flexibility index (Phi) is 1.57. The van der Waals surface area contributed by atoms with Gasteiger partial charge >= 0.3 is 0 Å². The van der Waals surface area contributed by atoms with Crippen molar-refractivity contribution >= 4 is 11.8 Å². The van der Waals surface area contributed by atoms with Crippen LogP contribution in [0.15, 0.2) is 9.98 Å². The maximum Gasteiger partial charge on any atom is 0.220 e. The zero-order valence-corrected chi connectivity index (χ0v) is 8.72. The van der Waals surface area contributed by atoms with Gasteiger partial charge in [-0.1, -0.05) is 0 Å². The minimum absolute atomic E-state index is 0.0443. The summed E-state index contributed by atoms with van der Waals surface area (Å²) in [6, 6.07) is 0. The quantitative estimate of drug-likeness (QED) is 0.562. The summed E-state index contributed by atoms with van der Waals surface area (Å²) in [4.78, 5) is 9.02. The molecular weight excluding hydrogens is 164 g/mol. The average molecular weight is 180 g/mol. The molecular formula is C10H16N2O. The van der Waals surface area contributed by atoms with Gasteiger partial charge in [-0.2, -0.15) is 0 Å². The summed E-state index contributed by atoms with van der Waals surface area (Å²) in [7, 11) is 0. The fraction of sp³-hybridized carbons (Fsp3) is 0.800. The highest BCUT2D eigenvalue weighted by atomic mass is 16.5. The summed E-state index contributed by atoms with van der Waals surface area (Å²) in [5.41, 5.74) is -0.109. The van der Waals surface area contributed by atoms with E-state index in [9.17, 15) is 0 Å². The summed E-state index contributed by atoms with van der Waals surface area (Å²) in [5.74, 6) is 1.60. The first kappa shape index (κ1) is 8.73. The molecule has 0 aromatic heterocycles. The van der Waals surface area contributed by atoms with Gasteiger partial charge in [0, 0.05) is 6.92 Å². The lowest BCUT2D eigenvalue weighted by Gasteiger charge is -2.14. The van der Waals surface area contributed by atoms with Crippen LogP contribution in [0.2, 0.25) is 0 Å². The number of ether oxygens (including phenoxy) is 1. The highest BCUT2D eigenvalue weighted by molar-refractivity contribution is 6.04. The Balaban J connectivity index is 2.25. The van der Waals surface area contributed by atoms with Gasteiger partial charge in [-0.25, -0.2) is 9.98 Å². The highest BCUT2D eigenvalue weighted by Crippen LogP contribution is 2.45. The average Bonchev–Trinajstić information content (AvgIpc) is 2.58. The summed E-state index contributed by atoms with van der Waals surface area (Å²) < 4.78 is 5.52. The number of aliphatic imine (C=N–C) groups is 2. The molecule has 1 heterocycles. The molecule has 3 nitrogen and oxygen atoms in total. The van der Waals surface area contributed by atoms with Crippen LogP contribution in [-0.2, 0) is 4.74 Å². The molecule has 0 bridgehead atoms. The van der Waals surface area contributed by atoms with E-state index in [-0.39, 0.29) is 11.1 Å². The minimum Gasteiger partial charge on any atom is -0.427 e. The van der Waals surface area contributed by atoms with Crippen LogP contribution in [0, 0.1) is 0 Å². The van der Waals surface area contributed by atoms with Crippen molar-refractivity contribution in [2.45, 2.75) is 51.6 Å². The molecule has 0 amide bonds. The van der Waals surface area contributed by atoms with Crippen LogP contribution < -0.4 is 0 Å². The lowest BCUT2D eigenvalue weighted by molar-refractivity contribution is 0.501. The van der Waals surface area contributed by atoms with Gasteiger partial charge in [-0.15, -0.1) is 0 Å². The molecule has 1 saturated carbocycles. The van der Waals surface area contributed by atoms with Gasteiger partial charge in [0.2, 0.25) is 5.90 Å². The van der Waals surface area contributed by atoms with E-state index >= 15 is 0 Å². The van der Waals surface area contributed by atoms with Crippen molar-refractivity contribution in [2.24, 2.45) is 9.98 Å². The first-order valence-electron chi connectivity index (χ1n) is 4.76. The second-order valence-corrected chi connectivity index (χ2v) is 4.85.